The lowest BCUT2D eigenvalue weighted by molar-refractivity contribution is 0.447. The Kier molecular flexibility index (Phi) is 6.72. The van der Waals surface area contributed by atoms with Crippen LogP contribution in [-0.2, 0) is 6.54 Å². The van der Waals surface area contributed by atoms with Gasteiger partial charge in [0, 0.05) is 13.1 Å². The Bertz CT molecular complexity index is 327. The highest BCUT2D eigenvalue weighted by atomic mass is 16.4. The van der Waals surface area contributed by atoms with Crippen LogP contribution >= 0.6 is 0 Å². The molecular weight excluding hydrogens is 228 g/mol. The Balaban J connectivity index is 2.53. The topological polar surface area (TPSA) is 54.2 Å². The van der Waals surface area contributed by atoms with Crippen LogP contribution in [0.1, 0.15) is 46.4 Å². The summed E-state index contributed by atoms with van der Waals surface area (Å²) >= 11 is 0. The minimum absolute atomic E-state index is 0.638. The Morgan fingerprint density at radius 1 is 1.28 bits per heavy atom. The first kappa shape index (κ1) is 15.0. The monoisotopic (exact) mass is 254 g/mol. The first-order valence-corrected chi connectivity index (χ1v) is 6.99. The fourth-order valence-corrected chi connectivity index (χ4v) is 1.66. The third-order valence-electron chi connectivity index (χ3n) is 3.04. The standard InChI is InChI=1S/C13H26N4O/c1-5-8-14-9-12-15-16-13(18-12)17(7-3)10-11(4)6-2/h11,14H,5-10H2,1-4H3. The molecular formula is C13H26N4O. The van der Waals surface area contributed by atoms with E-state index in [1.807, 2.05) is 0 Å². The highest BCUT2D eigenvalue weighted by molar-refractivity contribution is 5.23. The number of nitrogens with zero attached hydrogens (tertiary/aromatic N) is 3. The Hall–Kier alpha value is -1.10. The van der Waals surface area contributed by atoms with Crippen molar-refractivity contribution in [2.45, 2.75) is 47.1 Å². The van der Waals surface area contributed by atoms with Gasteiger partial charge in [-0.05, 0) is 25.8 Å². The van der Waals surface area contributed by atoms with Gasteiger partial charge in [-0.3, -0.25) is 0 Å². The number of hydrogen-bond acceptors (Lipinski definition) is 5. The molecule has 0 aliphatic carbocycles. The van der Waals surface area contributed by atoms with Crippen LogP contribution in [0.4, 0.5) is 6.01 Å². The van der Waals surface area contributed by atoms with Crippen LogP contribution in [-0.4, -0.2) is 29.8 Å². The smallest absolute Gasteiger partial charge is 0.318 e. The van der Waals surface area contributed by atoms with Crippen molar-refractivity contribution in [3.8, 4) is 0 Å². The predicted octanol–water partition coefficient (Wildman–Crippen LogP) is 2.44. The lowest BCUT2D eigenvalue weighted by Gasteiger charge is -2.21. The summed E-state index contributed by atoms with van der Waals surface area (Å²) in [5, 5.41) is 11.5. The molecule has 0 spiro atoms. The van der Waals surface area contributed by atoms with Gasteiger partial charge in [-0.2, -0.15) is 0 Å². The number of hydrogen-bond donors (Lipinski definition) is 1. The second-order valence-electron chi connectivity index (χ2n) is 4.71. The second-order valence-corrected chi connectivity index (χ2v) is 4.71. The number of anilines is 1. The largest absolute Gasteiger partial charge is 0.407 e. The molecule has 1 rings (SSSR count). The molecule has 1 unspecified atom stereocenters. The average molecular weight is 254 g/mol. The third-order valence-corrected chi connectivity index (χ3v) is 3.04. The SMILES string of the molecule is CCCNCc1nnc(N(CC)CC(C)CC)o1. The lowest BCUT2D eigenvalue weighted by Crippen LogP contribution is -2.28. The third kappa shape index (κ3) is 4.64. The van der Waals surface area contributed by atoms with Crippen molar-refractivity contribution in [1.29, 1.82) is 0 Å². The first-order chi connectivity index (χ1) is 8.71. The lowest BCUT2D eigenvalue weighted by atomic mass is 10.1. The van der Waals surface area contributed by atoms with Gasteiger partial charge in [-0.25, -0.2) is 0 Å². The molecule has 0 saturated heterocycles. The maximum Gasteiger partial charge on any atom is 0.318 e. The summed E-state index contributed by atoms with van der Waals surface area (Å²) in [6.07, 6.45) is 2.27. The van der Waals surface area contributed by atoms with Crippen molar-refractivity contribution in [2.75, 3.05) is 24.5 Å². The Morgan fingerprint density at radius 3 is 2.67 bits per heavy atom. The van der Waals surface area contributed by atoms with Crippen LogP contribution in [0.15, 0.2) is 4.42 Å². The van der Waals surface area contributed by atoms with Gasteiger partial charge in [-0.15, -0.1) is 5.10 Å². The quantitative estimate of drug-likeness (QED) is 0.686. The molecule has 1 atom stereocenters. The first-order valence-electron chi connectivity index (χ1n) is 6.99. The molecule has 1 N–H and O–H groups in total. The molecule has 1 heterocycles. The van der Waals surface area contributed by atoms with Crippen molar-refractivity contribution in [1.82, 2.24) is 15.5 Å². The van der Waals surface area contributed by atoms with Gasteiger partial charge in [0.2, 0.25) is 5.89 Å². The molecule has 0 aliphatic rings. The molecule has 0 aliphatic heterocycles. The van der Waals surface area contributed by atoms with E-state index in [0.29, 0.717) is 24.4 Å². The molecule has 0 amide bonds. The average Bonchev–Trinajstić information content (AvgIpc) is 2.84. The Labute approximate surface area is 110 Å². The van der Waals surface area contributed by atoms with Gasteiger partial charge < -0.3 is 14.6 Å². The van der Waals surface area contributed by atoms with Crippen molar-refractivity contribution < 1.29 is 4.42 Å². The number of aromatic nitrogens is 2. The van der Waals surface area contributed by atoms with E-state index in [1.165, 1.54) is 0 Å². The summed E-state index contributed by atoms with van der Waals surface area (Å²) < 4.78 is 5.67. The van der Waals surface area contributed by atoms with Gasteiger partial charge in [0.1, 0.15) is 0 Å². The summed E-state index contributed by atoms with van der Waals surface area (Å²) in [4.78, 5) is 2.14. The molecule has 18 heavy (non-hydrogen) atoms. The van der Waals surface area contributed by atoms with E-state index in [2.05, 4.69) is 48.1 Å². The molecule has 1 aromatic rings. The zero-order valence-electron chi connectivity index (χ0n) is 12.1. The van der Waals surface area contributed by atoms with Crippen LogP contribution in [0.25, 0.3) is 0 Å². The molecule has 0 saturated carbocycles. The molecule has 0 radical (unpaired) electrons. The van der Waals surface area contributed by atoms with Crippen molar-refractivity contribution in [3.63, 3.8) is 0 Å². The summed E-state index contributed by atoms with van der Waals surface area (Å²) in [6, 6.07) is 0.645. The maximum absolute atomic E-state index is 5.67. The number of rotatable bonds is 9. The highest BCUT2D eigenvalue weighted by Gasteiger charge is 2.14. The van der Waals surface area contributed by atoms with E-state index in [1.54, 1.807) is 0 Å². The van der Waals surface area contributed by atoms with Crippen LogP contribution in [0, 0.1) is 5.92 Å². The van der Waals surface area contributed by atoms with E-state index in [9.17, 15) is 0 Å². The van der Waals surface area contributed by atoms with Gasteiger partial charge >= 0.3 is 6.01 Å². The summed E-state index contributed by atoms with van der Waals surface area (Å²) in [6.45, 7) is 12.2. The van der Waals surface area contributed by atoms with Gasteiger partial charge in [0.25, 0.3) is 0 Å². The Morgan fingerprint density at radius 2 is 2.06 bits per heavy atom. The molecule has 0 aromatic carbocycles. The van der Waals surface area contributed by atoms with Crippen LogP contribution in [0.3, 0.4) is 0 Å². The number of nitrogens with one attached hydrogen (secondary N) is 1. The molecule has 5 nitrogen and oxygen atoms in total. The maximum atomic E-state index is 5.67. The van der Waals surface area contributed by atoms with E-state index >= 15 is 0 Å². The zero-order chi connectivity index (χ0) is 13.4. The van der Waals surface area contributed by atoms with Gasteiger partial charge in [-0.1, -0.05) is 32.3 Å². The minimum Gasteiger partial charge on any atom is -0.407 e. The molecule has 5 heteroatoms. The van der Waals surface area contributed by atoms with Crippen molar-refractivity contribution in [2.24, 2.45) is 5.92 Å². The van der Waals surface area contributed by atoms with Crippen LogP contribution in [0.5, 0.6) is 0 Å². The fourth-order valence-electron chi connectivity index (χ4n) is 1.66. The van der Waals surface area contributed by atoms with E-state index in [-0.39, 0.29) is 0 Å². The van der Waals surface area contributed by atoms with Crippen molar-refractivity contribution in [3.05, 3.63) is 5.89 Å². The highest BCUT2D eigenvalue weighted by Crippen LogP contribution is 2.15. The molecule has 104 valence electrons. The minimum atomic E-state index is 0.638. The molecule has 0 bridgehead atoms. The second kappa shape index (κ2) is 8.08. The summed E-state index contributed by atoms with van der Waals surface area (Å²) in [5.74, 6) is 1.31. The van der Waals surface area contributed by atoms with Crippen LogP contribution < -0.4 is 10.2 Å². The van der Waals surface area contributed by atoms with E-state index in [4.69, 9.17) is 4.42 Å². The van der Waals surface area contributed by atoms with Gasteiger partial charge in [0.15, 0.2) is 0 Å². The van der Waals surface area contributed by atoms with Gasteiger partial charge in [0.05, 0.1) is 6.54 Å². The fraction of sp³-hybridized carbons (Fsp3) is 0.846. The summed E-state index contributed by atoms with van der Waals surface area (Å²) in [5.41, 5.74) is 0. The zero-order valence-corrected chi connectivity index (χ0v) is 12.1. The van der Waals surface area contributed by atoms with E-state index in [0.717, 1.165) is 32.5 Å². The molecule has 1 aromatic heterocycles. The van der Waals surface area contributed by atoms with E-state index < -0.39 is 0 Å². The normalized spacial score (nSPS) is 12.7. The van der Waals surface area contributed by atoms with Crippen LogP contribution in [0.2, 0.25) is 0 Å². The predicted molar refractivity (Wildman–Crippen MR) is 73.6 cm³/mol. The van der Waals surface area contributed by atoms with Crippen molar-refractivity contribution >= 4 is 6.01 Å². The summed E-state index contributed by atoms with van der Waals surface area (Å²) in [7, 11) is 0. The molecule has 0 fully saturated rings.